The van der Waals surface area contributed by atoms with Crippen molar-refractivity contribution in [1.29, 1.82) is 0 Å². The Balaban J connectivity index is 3.48. The second-order valence-corrected chi connectivity index (χ2v) is 2.01. The zero-order valence-corrected chi connectivity index (χ0v) is 5.88. The van der Waals surface area contributed by atoms with Gasteiger partial charge < -0.3 is 21.4 Å². The Morgan fingerprint density at radius 2 is 2.20 bits per heavy atom. The van der Waals surface area contributed by atoms with Gasteiger partial charge in [0.25, 0.3) is 0 Å². The molecule has 0 heterocycles. The van der Waals surface area contributed by atoms with Gasteiger partial charge in [-0.05, 0) is 6.08 Å². The molecule has 0 aromatic heterocycles. The number of rotatable bonds is 4. The number of carboxylic acids is 1. The van der Waals surface area contributed by atoms with E-state index in [1.807, 2.05) is 0 Å². The number of quaternary nitrogens is 2. The molecule has 0 fully saturated rings. The summed E-state index contributed by atoms with van der Waals surface area (Å²) in [7, 11) is 0. The molecule has 0 amide bonds. The summed E-state index contributed by atoms with van der Waals surface area (Å²) in [6, 6.07) is -0.636. The molecule has 0 rings (SSSR count). The molecule has 0 aliphatic carbocycles. The van der Waals surface area contributed by atoms with E-state index in [1.54, 1.807) is 12.2 Å². The number of carbonyl (C=O) groups excluding carboxylic acids is 1. The summed E-state index contributed by atoms with van der Waals surface area (Å²) in [4.78, 5) is 10.1. The third-order valence-electron chi connectivity index (χ3n) is 1.09. The summed E-state index contributed by atoms with van der Waals surface area (Å²) in [5, 5.41) is 10.1. The average Bonchev–Trinajstić information content (AvgIpc) is 1.88. The van der Waals surface area contributed by atoms with Gasteiger partial charge in [-0.25, -0.2) is 0 Å². The molecule has 58 valence electrons. The summed E-state index contributed by atoms with van der Waals surface area (Å²) >= 11 is 0. The van der Waals surface area contributed by atoms with Gasteiger partial charge in [0.2, 0.25) is 0 Å². The Bertz CT molecular complexity index is 134. The smallest absolute Gasteiger partial charge is 0.128 e. The normalized spacial score (nSPS) is 13.8. The predicted octanol–water partition coefficient (Wildman–Crippen LogP) is -3.46. The summed E-state index contributed by atoms with van der Waals surface area (Å²) in [5.74, 6) is -1.10. The second kappa shape index (κ2) is 4.96. The molecule has 0 unspecified atom stereocenters. The zero-order valence-electron chi connectivity index (χ0n) is 5.88. The third-order valence-corrected chi connectivity index (χ3v) is 1.09. The van der Waals surface area contributed by atoms with Gasteiger partial charge in [-0.1, -0.05) is 6.08 Å². The number of carbonyl (C=O) groups is 1. The summed E-state index contributed by atoms with van der Waals surface area (Å²) in [6.07, 6.45) is 3.99. The van der Waals surface area contributed by atoms with E-state index in [0.29, 0.717) is 13.0 Å². The number of hydrogen-bond acceptors (Lipinski definition) is 2. The molecule has 0 aromatic rings. The fraction of sp³-hybridized carbons (Fsp3) is 0.500. The standard InChI is InChI=1S/C6H12N2O2/c7-4-2-1-3-5(8)6(9)10/h1-2,5H,3-4,7-8H2,(H,9,10)/p+1/b2-1+/t5-/m0/s1. The van der Waals surface area contributed by atoms with Crippen molar-refractivity contribution in [2.75, 3.05) is 6.54 Å². The first-order valence-electron chi connectivity index (χ1n) is 3.16. The molecule has 10 heavy (non-hydrogen) atoms. The van der Waals surface area contributed by atoms with Crippen molar-refractivity contribution < 1.29 is 21.4 Å². The minimum Gasteiger partial charge on any atom is -0.544 e. The number of aliphatic carboxylic acids is 1. The first-order chi connectivity index (χ1) is 4.68. The average molecular weight is 145 g/mol. The molecule has 0 aromatic carbocycles. The molecule has 0 bridgehead atoms. The first-order valence-corrected chi connectivity index (χ1v) is 3.16. The molecule has 4 heteroatoms. The molecule has 0 aliphatic rings. The van der Waals surface area contributed by atoms with Crippen molar-refractivity contribution in [3.8, 4) is 0 Å². The quantitative estimate of drug-likeness (QED) is 0.402. The van der Waals surface area contributed by atoms with Gasteiger partial charge in [0, 0.05) is 6.42 Å². The van der Waals surface area contributed by atoms with Gasteiger partial charge in [0.15, 0.2) is 0 Å². The van der Waals surface area contributed by atoms with E-state index in [4.69, 9.17) is 0 Å². The fourth-order valence-electron chi connectivity index (χ4n) is 0.475. The number of carboxylic acid groups (broad SMARTS) is 1. The van der Waals surface area contributed by atoms with Crippen LogP contribution in [0.2, 0.25) is 0 Å². The van der Waals surface area contributed by atoms with Gasteiger partial charge in [-0.2, -0.15) is 0 Å². The fourth-order valence-corrected chi connectivity index (χ4v) is 0.475. The van der Waals surface area contributed by atoms with Crippen molar-refractivity contribution >= 4 is 5.97 Å². The van der Waals surface area contributed by atoms with Crippen LogP contribution in [0.25, 0.3) is 0 Å². The molecule has 0 aliphatic heterocycles. The van der Waals surface area contributed by atoms with E-state index >= 15 is 0 Å². The second-order valence-electron chi connectivity index (χ2n) is 2.01. The maximum atomic E-state index is 10.1. The lowest BCUT2D eigenvalue weighted by atomic mass is 10.2. The Hall–Kier alpha value is -0.870. The highest BCUT2D eigenvalue weighted by molar-refractivity contribution is 5.69. The van der Waals surface area contributed by atoms with Gasteiger partial charge >= 0.3 is 0 Å². The van der Waals surface area contributed by atoms with Gasteiger partial charge in [0.1, 0.15) is 6.04 Å². The highest BCUT2D eigenvalue weighted by atomic mass is 16.4. The minimum absolute atomic E-state index is 0.428. The van der Waals surface area contributed by atoms with Crippen molar-refractivity contribution in [3.63, 3.8) is 0 Å². The highest BCUT2D eigenvalue weighted by Crippen LogP contribution is 1.84. The third kappa shape index (κ3) is 4.05. The molecule has 0 spiro atoms. The van der Waals surface area contributed by atoms with E-state index < -0.39 is 12.0 Å². The lowest BCUT2D eigenvalue weighted by Crippen LogP contribution is -2.68. The Morgan fingerprint density at radius 1 is 1.60 bits per heavy atom. The van der Waals surface area contributed by atoms with Gasteiger partial charge in [0.05, 0.1) is 12.5 Å². The van der Waals surface area contributed by atoms with Crippen LogP contribution in [0.5, 0.6) is 0 Å². The van der Waals surface area contributed by atoms with Crippen molar-refractivity contribution in [1.82, 2.24) is 0 Å². The summed E-state index contributed by atoms with van der Waals surface area (Å²) in [5.41, 5.74) is 6.93. The molecule has 0 saturated heterocycles. The number of hydrogen-bond donors (Lipinski definition) is 2. The maximum absolute atomic E-state index is 10.1. The topological polar surface area (TPSA) is 95.4 Å². The molecule has 0 radical (unpaired) electrons. The van der Waals surface area contributed by atoms with Gasteiger partial charge in [-0.3, -0.25) is 0 Å². The van der Waals surface area contributed by atoms with Crippen molar-refractivity contribution in [2.24, 2.45) is 0 Å². The molecule has 4 nitrogen and oxygen atoms in total. The Labute approximate surface area is 59.5 Å². The van der Waals surface area contributed by atoms with Crippen LogP contribution in [0.3, 0.4) is 0 Å². The molecular weight excluding hydrogens is 132 g/mol. The van der Waals surface area contributed by atoms with Crippen LogP contribution in [0.4, 0.5) is 0 Å². The van der Waals surface area contributed by atoms with Gasteiger partial charge in [-0.15, -0.1) is 0 Å². The van der Waals surface area contributed by atoms with Crippen LogP contribution in [0, 0.1) is 0 Å². The monoisotopic (exact) mass is 145 g/mol. The van der Waals surface area contributed by atoms with Crippen molar-refractivity contribution in [2.45, 2.75) is 12.5 Å². The van der Waals surface area contributed by atoms with E-state index in [1.165, 1.54) is 0 Å². The minimum atomic E-state index is -1.10. The first kappa shape index (κ1) is 9.13. The summed E-state index contributed by atoms with van der Waals surface area (Å²) in [6.45, 7) is 0.680. The van der Waals surface area contributed by atoms with Crippen LogP contribution in [-0.4, -0.2) is 18.6 Å². The Kier molecular flexibility index (Phi) is 4.53. The lowest BCUT2D eigenvalue weighted by Gasteiger charge is -2.04. The SMILES string of the molecule is [NH3+]C/C=C/C[C@H]([NH3+])C(=O)[O-]. The Morgan fingerprint density at radius 3 is 2.60 bits per heavy atom. The van der Waals surface area contributed by atoms with Crippen LogP contribution in [0.15, 0.2) is 12.2 Å². The van der Waals surface area contributed by atoms with Crippen LogP contribution in [0.1, 0.15) is 6.42 Å². The van der Waals surface area contributed by atoms with Crippen LogP contribution in [-0.2, 0) is 4.79 Å². The van der Waals surface area contributed by atoms with Crippen LogP contribution < -0.4 is 16.6 Å². The molecular formula is C6H13N2O2+. The van der Waals surface area contributed by atoms with Crippen molar-refractivity contribution in [3.05, 3.63) is 12.2 Å². The molecule has 6 N–H and O–H groups in total. The molecule has 0 saturated carbocycles. The highest BCUT2D eigenvalue weighted by Gasteiger charge is 2.02. The van der Waals surface area contributed by atoms with E-state index in [2.05, 4.69) is 11.5 Å². The van der Waals surface area contributed by atoms with E-state index in [0.717, 1.165) is 0 Å². The van der Waals surface area contributed by atoms with E-state index in [-0.39, 0.29) is 0 Å². The van der Waals surface area contributed by atoms with Crippen LogP contribution >= 0.6 is 0 Å². The summed E-state index contributed by atoms with van der Waals surface area (Å²) < 4.78 is 0. The lowest BCUT2D eigenvalue weighted by molar-refractivity contribution is -0.436. The largest absolute Gasteiger partial charge is 0.544 e. The molecule has 1 atom stereocenters. The maximum Gasteiger partial charge on any atom is 0.128 e. The predicted molar refractivity (Wildman–Crippen MR) is 33.2 cm³/mol. The van der Waals surface area contributed by atoms with E-state index in [9.17, 15) is 9.90 Å². The zero-order chi connectivity index (χ0) is 7.98.